The number of aliphatic hydroxyl groups excluding tert-OH is 1. The van der Waals surface area contributed by atoms with E-state index in [9.17, 15) is 4.79 Å². The van der Waals surface area contributed by atoms with Gasteiger partial charge in [-0.1, -0.05) is 6.07 Å². The van der Waals surface area contributed by atoms with E-state index in [0.29, 0.717) is 19.1 Å². The van der Waals surface area contributed by atoms with Gasteiger partial charge in [-0.05, 0) is 43.7 Å². The molecule has 1 amide bonds. The maximum Gasteiger partial charge on any atom is 0.234 e. The maximum absolute atomic E-state index is 11.9. The second-order valence-electron chi connectivity index (χ2n) is 4.99. The fraction of sp³-hybridized carbons (Fsp3) is 0.643. The minimum atomic E-state index is 0.101. The van der Waals surface area contributed by atoms with Crippen LogP contribution in [0.25, 0.3) is 0 Å². The Labute approximate surface area is 118 Å². The van der Waals surface area contributed by atoms with Gasteiger partial charge < -0.3 is 10.4 Å². The molecular weight excluding hydrogens is 260 g/mol. The smallest absolute Gasteiger partial charge is 0.234 e. The molecule has 0 bridgehead atoms. The lowest BCUT2D eigenvalue weighted by molar-refractivity contribution is -0.122. The zero-order valence-electron chi connectivity index (χ0n) is 11.2. The van der Waals surface area contributed by atoms with E-state index in [-0.39, 0.29) is 12.5 Å². The molecule has 19 heavy (non-hydrogen) atoms. The third kappa shape index (κ3) is 4.60. The van der Waals surface area contributed by atoms with Crippen LogP contribution < -0.4 is 5.32 Å². The molecule has 5 heteroatoms. The highest BCUT2D eigenvalue weighted by molar-refractivity contribution is 7.09. The Morgan fingerprint density at radius 3 is 3.21 bits per heavy atom. The van der Waals surface area contributed by atoms with Crippen molar-refractivity contribution in [1.29, 1.82) is 0 Å². The summed E-state index contributed by atoms with van der Waals surface area (Å²) in [5.41, 5.74) is 0. The summed E-state index contributed by atoms with van der Waals surface area (Å²) in [6.07, 6.45) is 4.14. The first-order valence-electron chi connectivity index (χ1n) is 6.93. The van der Waals surface area contributed by atoms with Gasteiger partial charge in [0.2, 0.25) is 5.91 Å². The SMILES string of the molecule is O=C(CN1CCCC1CCCO)NCc1cccs1. The molecule has 1 unspecified atom stereocenters. The number of aliphatic hydroxyl groups is 1. The second kappa shape index (κ2) is 7.62. The Kier molecular flexibility index (Phi) is 5.82. The van der Waals surface area contributed by atoms with Gasteiger partial charge in [-0.15, -0.1) is 11.3 Å². The van der Waals surface area contributed by atoms with Crippen molar-refractivity contribution in [1.82, 2.24) is 10.2 Å². The van der Waals surface area contributed by atoms with Gasteiger partial charge in [0.15, 0.2) is 0 Å². The molecular formula is C14H22N2O2S. The van der Waals surface area contributed by atoms with Gasteiger partial charge in [0.1, 0.15) is 0 Å². The van der Waals surface area contributed by atoms with E-state index in [1.165, 1.54) is 4.88 Å². The Balaban J connectivity index is 1.71. The summed E-state index contributed by atoms with van der Waals surface area (Å²) >= 11 is 1.66. The van der Waals surface area contributed by atoms with Gasteiger partial charge in [0.05, 0.1) is 13.1 Å². The molecule has 0 saturated carbocycles. The van der Waals surface area contributed by atoms with Crippen LogP contribution in [0.4, 0.5) is 0 Å². The van der Waals surface area contributed by atoms with Gasteiger partial charge in [0.25, 0.3) is 0 Å². The molecule has 4 nitrogen and oxygen atoms in total. The van der Waals surface area contributed by atoms with Crippen LogP contribution in [-0.4, -0.2) is 41.7 Å². The number of carbonyl (C=O) groups excluding carboxylic acids is 1. The van der Waals surface area contributed by atoms with Crippen LogP contribution >= 0.6 is 11.3 Å². The number of hydrogen-bond acceptors (Lipinski definition) is 4. The Bertz CT molecular complexity index is 381. The van der Waals surface area contributed by atoms with E-state index >= 15 is 0 Å². The normalized spacial score (nSPS) is 19.7. The van der Waals surface area contributed by atoms with Crippen LogP contribution in [0.5, 0.6) is 0 Å². The summed E-state index contributed by atoms with van der Waals surface area (Å²) < 4.78 is 0. The lowest BCUT2D eigenvalue weighted by Gasteiger charge is -2.23. The Morgan fingerprint density at radius 1 is 1.58 bits per heavy atom. The predicted octanol–water partition coefficient (Wildman–Crippen LogP) is 1.60. The molecule has 2 rings (SSSR count). The minimum absolute atomic E-state index is 0.101. The van der Waals surface area contributed by atoms with Crippen molar-refractivity contribution < 1.29 is 9.90 Å². The van der Waals surface area contributed by atoms with Crippen molar-refractivity contribution in [3.05, 3.63) is 22.4 Å². The number of amides is 1. The van der Waals surface area contributed by atoms with E-state index in [4.69, 9.17) is 5.11 Å². The number of rotatable bonds is 7. The van der Waals surface area contributed by atoms with Crippen molar-refractivity contribution in [3.63, 3.8) is 0 Å². The lowest BCUT2D eigenvalue weighted by Crippen LogP contribution is -2.39. The largest absolute Gasteiger partial charge is 0.396 e. The van der Waals surface area contributed by atoms with Gasteiger partial charge in [-0.3, -0.25) is 9.69 Å². The molecule has 1 aliphatic heterocycles. The fourth-order valence-corrected chi connectivity index (χ4v) is 3.24. The number of hydrogen-bond donors (Lipinski definition) is 2. The van der Waals surface area contributed by atoms with Crippen LogP contribution in [0.2, 0.25) is 0 Å². The molecule has 0 aromatic carbocycles. The molecule has 1 aromatic heterocycles. The van der Waals surface area contributed by atoms with E-state index < -0.39 is 0 Å². The summed E-state index contributed by atoms with van der Waals surface area (Å²) in [5, 5.41) is 13.9. The van der Waals surface area contributed by atoms with Crippen LogP contribution in [0.3, 0.4) is 0 Å². The van der Waals surface area contributed by atoms with Crippen molar-refractivity contribution in [3.8, 4) is 0 Å². The predicted molar refractivity (Wildman–Crippen MR) is 77.1 cm³/mol. The van der Waals surface area contributed by atoms with E-state index in [2.05, 4.69) is 10.2 Å². The number of nitrogens with one attached hydrogen (secondary N) is 1. The first-order chi connectivity index (χ1) is 9.29. The van der Waals surface area contributed by atoms with Crippen molar-refractivity contribution in [2.75, 3.05) is 19.7 Å². The molecule has 0 spiro atoms. The molecule has 2 N–H and O–H groups in total. The zero-order valence-corrected chi connectivity index (χ0v) is 12.0. The van der Waals surface area contributed by atoms with E-state index in [1.807, 2.05) is 17.5 Å². The van der Waals surface area contributed by atoms with Crippen LogP contribution in [-0.2, 0) is 11.3 Å². The minimum Gasteiger partial charge on any atom is -0.396 e. The topological polar surface area (TPSA) is 52.6 Å². The summed E-state index contributed by atoms with van der Waals surface area (Å²) in [5.74, 6) is 0.101. The van der Waals surface area contributed by atoms with Crippen LogP contribution in [0.15, 0.2) is 17.5 Å². The number of carbonyl (C=O) groups is 1. The average Bonchev–Trinajstić information content (AvgIpc) is 3.05. The van der Waals surface area contributed by atoms with Crippen LogP contribution in [0.1, 0.15) is 30.6 Å². The molecule has 1 atom stereocenters. The third-order valence-electron chi connectivity index (χ3n) is 3.58. The molecule has 0 aliphatic carbocycles. The molecule has 106 valence electrons. The Hall–Kier alpha value is -0.910. The summed E-state index contributed by atoms with van der Waals surface area (Å²) in [4.78, 5) is 15.4. The summed E-state index contributed by atoms with van der Waals surface area (Å²) in [6, 6.07) is 4.50. The quantitative estimate of drug-likeness (QED) is 0.799. The number of thiophene rings is 1. The molecule has 1 fully saturated rings. The van der Waals surface area contributed by atoms with Gasteiger partial charge >= 0.3 is 0 Å². The first kappa shape index (κ1) is 14.5. The average molecular weight is 282 g/mol. The van der Waals surface area contributed by atoms with E-state index in [0.717, 1.165) is 32.2 Å². The highest BCUT2D eigenvalue weighted by atomic mass is 32.1. The summed E-state index contributed by atoms with van der Waals surface area (Å²) in [6.45, 7) is 2.37. The lowest BCUT2D eigenvalue weighted by atomic mass is 10.1. The number of nitrogens with zero attached hydrogens (tertiary/aromatic N) is 1. The molecule has 1 aliphatic rings. The zero-order chi connectivity index (χ0) is 13.5. The third-order valence-corrected chi connectivity index (χ3v) is 4.46. The molecule has 1 aromatic rings. The first-order valence-corrected chi connectivity index (χ1v) is 7.81. The molecule has 1 saturated heterocycles. The molecule has 0 radical (unpaired) electrons. The van der Waals surface area contributed by atoms with Crippen molar-refractivity contribution in [2.24, 2.45) is 0 Å². The fourth-order valence-electron chi connectivity index (χ4n) is 2.60. The van der Waals surface area contributed by atoms with E-state index in [1.54, 1.807) is 11.3 Å². The van der Waals surface area contributed by atoms with Crippen molar-refractivity contribution >= 4 is 17.2 Å². The van der Waals surface area contributed by atoms with Crippen LogP contribution in [0, 0.1) is 0 Å². The van der Waals surface area contributed by atoms with Gasteiger partial charge in [-0.25, -0.2) is 0 Å². The second-order valence-corrected chi connectivity index (χ2v) is 6.02. The standard InChI is InChI=1S/C14H22N2O2S/c17-8-2-5-12-4-1-7-16(12)11-14(18)15-10-13-6-3-9-19-13/h3,6,9,12,17H,1-2,4-5,7-8,10-11H2,(H,15,18). The van der Waals surface area contributed by atoms with Crippen molar-refractivity contribution in [2.45, 2.75) is 38.3 Å². The van der Waals surface area contributed by atoms with Gasteiger partial charge in [-0.2, -0.15) is 0 Å². The van der Waals surface area contributed by atoms with Gasteiger partial charge in [0, 0.05) is 17.5 Å². The Morgan fingerprint density at radius 2 is 2.47 bits per heavy atom. The maximum atomic E-state index is 11.9. The highest BCUT2D eigenvalue weighted by Gasteiger charge is 2.25. The highest BCUT2D eigenvalue weighted by Crippen LogP contribution is 2.20. The summed E-state index contributed by atoms with van der Waals surface area (Å²) in [7, 11) is 0. The number of likely N-dealkylation sites (tertiary alicyclic amines) is 1. The monoisotopic (exact) mass is 282 g/mol. The molecule has 2 heterocycles.